The van der Waals surface area contributed by atoms with Crippen molar-refractivity contribution < 1.29 is 9.90 Å². The SMILES string of the molecule is CC(C)C(N[C@@H](C)c1ccccn1)C(=O)O. The highest BCUT2D eigenvalue weighted by Gasteiger charge is 2.23. The van der Waals surface area contributed by atoms with E-state index in [4.69, 9.17) is 5.11 Å². The van der Waals surface area contributed by atoms with Gasteiger partial charge in [0.05, 0.1) is 5.69 Å². The van der Waals surface area contributed by atoms with Gasteiger partial charge in [0.25, 0.3) is 0 Å². The maximum absolute atomic E-state index is 11.0. The third-order valence-electron chi connectivity index (χ3n) is 2.49. The van der Waals surface area contributed by atoms with Crippen molar-refractivity contribution in [3.63, 3.8) is 0 Å². The fraction of sp³-hybridized carbons (Fsp3) is 0.500. The Balaban J connectivity index is 2.69. The van der Waals surface area contributed by atoms with E-state index in [1.807, 2.05) is 39.0 Å². The predicted octanol–water partition coefficient (Wildman–Crippen LogP) is 1.84. The summed E-state index contributed by atoms with van der Waals surface area (Å²) < 4.78 is 0. The van der Waals surface area contributed by atoms with Crippen molar-refractivity contribution in [2.24, 2.45) is 5.92 Å². The summed E-state index contributed by atoms with van der Waals surface area (Å²) in [6.07, 6.45) is 1.71. The molecule has 1 aromatic rings. The van der Waals surface area contributed by atoms with Gasteiger partial charge >= 0.3 is 5.97 Å². The summed E-state index contributed by atoms with van der Waals surface area (Å²) in [5.41, 5.74) is 0.856. The average Bonchev–Trinajstić information content (AvgIpc) is 2.25. The monoisotopic (exact) mass is 222 g/mol. The molecule has 0 saturated heterocycles. The number of carboxylic acids is 1. The minimum absolute atomic E-state index is 0.0451. The molecule has 88 valence electrons. The van der Waals surface area contributed by atoms with Crippen LogP contribution < -0.4 is 5.32 Å². The van der Waals surface area contributed by atoms with Gasteiger partial charge in [-0.3, -0.25) is 15.1 Å². The van der Waals surface area contributed by atoms with E-state index in [-0.39, 0.29) is 12.0 Å². The van der Waals surface area contributed by atoms with Gasteiger partial charge in [-0.2, -0.15) is 0 Å². The molecule has 1 aromatic heterocycles. The lowest BCUT2D eigenvalue weighted by Crippen LogP contribution is -2.42. The van der Waals surface area contributed by atoms with Crippen LogP contribution in [0.3, 0.4) is 0 Å². The molecule has 0 aliphatic heterocycles. The summed E-state index contributed by atoms with van der Waals surface area (Å²) in [4.78, 5) is 15.2. The van der Waals surface area contributed by atoms with Crippen molar-refractivity contribution in [1.29, 1.82) is 0 Å². The van der Waals surface area contributed by atoms with Crippen LogP contribution in [-0.2, 0) is 4.79 Å². The molecule has 0 aliphatic carbocycles. The molecule has 0 saturated carbocycles. The lowest BCUT2D eigenvalue weighted by molar-refractivity contribution is -0.140. The predicted molar refractivity (Wildman–Crippen MR) is 62.0 cm³/mol. The van der Waals surface area contributed by atoms with Crippen LogP contribution in [0, 0.1) is 5.92 Å². The molecule has 4 heteroatoms. The number of nitrogens with one attached hydrogen (secondary N) is 1. The Hall–Kier alpha value is -1.42. The average molecular weight is 222 g/mol. The van der Waals surface area contributed by atoms with Crippen molar-refractivity contribution in [3.05, 3.63) is 30.1 Å². The molecule has 2 N–H and O–H groups in total. The Kier molecular flexibility index (Phi) is 4.43. The van der Waals surface area contributed by atoms with Gasteiger partial charge in [0.15, 0.2) is 0 Å². The summed E-state index contributed by atoms with van der Waals surface area (Å²) in [7, 11) is 0. The quantitative estimate of drug-likeness (QED) is 0.798. The Labute approximate surface area is 95.7 Å². The van der Waals surface area contributed by atoms with Gasteiger partial charge in [0.1, 0.15) is 6.04 Å². The molecule has 1 unspecified atom stereocenters. The Bertz CT molecular complexity index is 338. The second-order valence-electron chi connectivity index (χ2n) is 4.20. The molecule has 0 fully saturated rings. The maximum Gasteiger partial charge on any atom is 0.320 e. The largest absolute Gasteiger partial charge is 0.480 e. The molecule has 0 spiro atoms. The first-order valence-electron chi connectivity index (χ1n) is 5.42. The van der Waals surface area contributed by atoms with Crippen LogP contribution in [0.25, 0.3) is 0 Å². The number of rotatable bonds is 5. The first-order chi connectivity index (χ1) is 7.52. The number of carboxylic acid groups (broad SMARTS) is 1. The zero-order valence-corrected chi connectivity index (χ0v) is 9.84. The molecule has 1 heterocycles. The fourth-order valence-corrected chi connectivity index (χ4v) is 1.54. The van der Waals surface area contributed by atoms with Crippen LogP contribution in [0.15, 0.2) is 24.4 Å². The van der Waals surface area contributed by atoms with Crippen LogP contribution in [0.4, 0.5) is 0 Å². The van der Waals surface area contributed by atoms with Gasteiger partial charge in [0, 0.05) is 12.2 Å². The number of hydrogen-bond acceptors (Lipinski definition) is 3. The highest BCUT2D eigenvalue weighted by atomic mass is 16.4. The molecule has 0 aliphatic rings. The van der Waals surface area contributed by atoms with E-state index in [1.54, 1.807) is 6.20 Å². The van der Waals surface area contributed by atoms with Crippen LogP contribution in [0.2, 0.25) is 0 Å². The van der Waals surface area contributed by atoms with E-state index in [1.165, 1.54) is 0 Å². The van der Waals surface area contributed by atoms with E-state index in [2.05, 4.69) is 10.3 Å². The fourth-order valence-electron chi connectivity index (χ4n) is 1.54. The van der Waals surface area contributed by atoms with Crippen molar-refractivity contribution in [2.75, 3.05) is 0 Å². The van der Waals surface area contributed by atoms with Crippen molar-refractivity contribution >= 4 is 5.97 Å². The molecule has 0 aromatic carbocycles. The van der Waals surface area contributed by atoms with Gasteiger partial charge in [-0.05, 0) is 25.0 Å². The van der Waals surface area contributed by atoms with E-state index < -0.39 is 12.0 Å². The number of pyridine rings is 1. The molecule has 16 heavy (non-hydrogen) atoms. The number of nitrogens with zero attached hydrogens (tertiary/aromatic N) is 1. The van der Waals surface area contributed by atoms with Crippen LogP contribution in [-0.4, -0.2) is 22.1 Å². The van der Waals surface area contributed by atoms with Crippen LogP contribution >= 0.6 is 0 Å². The van der Waals surface area contributed by atoms with E-state index in [0.29, 0.717) is 0 Å². The van der Waals surface area contributed by atoms with Crippen molar-refractivity contribution in [3.8, 4) is 0 Å². The first-order valence-corrected chi connectivity index (χ1v) is 5.42. The molecule has 4 nitrogen and oxygen atoms in total. The Morgan fingerprint density at radius 1 is 1.38 bits per heavy atom. The molecule has 0 bridgehead atoms. The van der Waals surface area contributed by atoms with Gasteiger partial charge < -0.3 is 5.11 Å². The molecular formula is C12H18N2O2. The molecule has 0 radical (unpaired) electrons. The molecule has 1 rings (SSSR count). The third-order valence-corrected chi connectivity index (χ3v) is 2.49. The number of carbonyl (C=O) groups is 1. The first kappa shape index (κ1) is 12.6. The number of aromatic nitrogens is 1. The lowest BCUT2D eigenvalue weighted by atomic mass is 10.0. The lowest BCUT2D eigenvalue weighted by Gasteiger charge is -2.22. The van der Waals surface area contributed by atoms with Gasteiger partial charge in [-0.15, -0.1) is 0 Å². The van der Waals surface area contributed by atoms with Gasteiger partial charge in [-0.1, -0.05) is 19.9 Å². The van der Waals surface area contributed by atoms with Crippen LogP contribution in [0.1, 0.15) is 32.5 Å². The second kappa shape index (κ2) is 5.61. The zero-order chi connectivity index (χ0) is 12.1. The summed E-state index contributed by atoms with van der Waals surface area (Å²) in [5.74, 6) is -0.776. The van der Waals surface area contributed by atoms with E-state index in [9.17, 15) is 4.79 Å². The summed E-state index contributed by atoms with van der Waals surface area (Å²) >= 11 is 0. The highest BCUT2D eigenvalue weighted by molar-refractivity contribution is 5.73. The number of hydrogen-bond donors (Lipinski definition) is 2. The summed E-state index contributed by atoms with van der Waals surface area (Å²) in [6, 6.07) is 5.01. The summed E-state index contributed by atoms with van der Waals surface area (Å²) in [5, 5.41) is 12.1. The number of aliphatic carboxylic acids is 1. The topological polar surface area (TPSA) is 62.2 Å². The molecule has 0 amide bonds. The maximum atomic E-state index is 11.0. The van der Waals surface area contributed by atoms with E-state index in [0.717, 1.165) is 5.69 Å². The third kappa shape index (κ3) is 3.31. The van der Waals surface area contributed by atoms with Gasteiger partial charge in [0.2, 0.25) is 0 Å². The minimum Gasteiger partial charge on any atom is -0.480 e. The van der Waals surface area contributed by atoms with Gasteiger partial charge in [-0.25, -0.2) is 0 Å². The van der Waals surface area contributed by atoms with E-state index >= 15 is 0 Å². The van der Waals surface area contributed by atoms with Crippen molar-refractivity contribution in [2.45, 2.75) is 32.9 Å². The van der Waals surface area contributed by atoms with Crippen molar-refractivity contribution in [1.82, 2.24) is 10.3 Å². The summed E-state index contributed by atoms with van der Waals surface area (Å²) in [6.45, 7) is 5.69. The second-order valence-corrected chi connectivity index (χ2v) is 4.20. The minimum atomic E-state index is -0.821. The normalized spacial score (nSPS) is 14.8. The standard InChI is InChI=1S/C12H18N2O2/c1-8(2)11(12(15)16)14-9(3)10-6-4-5-7-13-10/h4-9,11,14H,1-3H3,(H,15,16)/t9-,11?/m0/s1. The zero-order valence-electron chi connectivity index (χ0n) is 9.84. The molecular weight excluding hydrogens is 204 g/mol. The highest BCUT2D eigenvalue weighted by Crippen LogP contribution is 2.12. The Morgan fingerprint density at radius 3 is 2.50 bits per heavy atom. The Morgan fingerprint density at radius 2 is 2.06 bits per heavy atom. The van der Waals surface area contributed by atoms with Crippen LogP contribution in [0.5, 0.6) is 0 Å². The smallest absolute Gasteiger partial charge is 0.320 e. The molecule has 2 atom stereocenters.